The van der Waals surface area contributed by atoms with Gasteiger partial charge in [-0.2, -0.15) is 0 Å². The van der Waals surface area contributed by atoms with Crippen molar-refractivity contribution in [3.05, 3.63) is 59.9 Å². The van der Waals surface area contributed by atoms with E-state index >= 15 is 0 Å². The molecule has 0 saturated carbocycles. The van der Waals surface area contributed by atoms with Crippen molar-refractivity contribution >= 4 is 38.4 Å². The Balaban J connectivity index is 1.65. The van der Waals surface area contributed by atoms with E-state index in [0.717, 1.165) is 11.6 Å². The third-order valence-corrected chi connectivity index (χ3v) is 5.02. The number of para-hydroxylation sites is 1. The number of carbonyl (C=O) groups excluding carboxylic acids is 2. The first-order valence-corrected chi connectivity index (χ1v) is 9.90. The molecule has 27 heavy (non-hydrogen) atoms. The quantitative estimate of drug-likeness (QED) is 0.675. The number of rotatable bonds is 5. The van der Waals surface area contributed by atoms with Crippen molar-refractivity contribution in [3.63, 3.8) is 0 Å². The second kappa shape index (κ2) is 7.24. The topological polar surface area (TPSA) is 103 Å². The number of aryl methyl sites for hydroxylation is 1. The zero-order valence-electron chi connectivity index (χ0n) is 14.7. The van der Waals surface area contributed by atoms with E-state index in [1.54, 1.807) is 19.1 Å². The van der Waals surface area contributed by atoms with Gasteiger partial charge in [0.25, 0.3) is 5.91 Å². The van der Waals surface area contributed by atoms with Crippen LogP contribution in [-0.2, 0) is 19.4 Å². The first-order chi connectivity index (χ1) is 12.8. The molecule has 3 rings (SSSR count). The highest BCUT2D eigenvalue weighted by Crippen LogP contribution is 2.25. The molecule has 0 fully saturated rings. The molecule has 0 aliphatic rings. The monoisotopic (exact) mass is 387 g/mol. The van der Waals surface area contributed by atoms with E-state index in [1.807, 2.05) is 12.1 Å². The number of esters is 1. The lowest BCUT2D eigenvalue weighted by Crippen LogP contribution is -2.21. The predicted octanol–water partition coefficient (Wildman–Crippen LogP) is 2.94. The molecule has 7 nitrogen and oxygen atoms in total. The van der Waals surface area contributed by atoms with Crippen molar-refractivity contribution in [2.75, 3.05) is 18.2 Å². The molecule has 2 aromatic carbocycles. The van der Waals surface area contributed by atoms with Gasteiger partial charge in [0, 0.05) is 22.9 Å². The lowest BCUT2D eigenvalue weighted by molar-refractivity contribution is -0.119. The number of benzene rings is 2. The maximum atomic E-state index is 12.2. The molecular formula is C19H17NO6S. The van der Waals surface area contributed by atoms with Crippen LogP contribution >= 0.6 is 0 Å². The van der Waals surface area contributed by atoms with E-state index < -0.39 is 28.3 Å². The zero-order chi connectivity index (χ0) is 19.6. The Bertz CT molecular complexity index is 1130. The summed E-state index contributed by atoms with van der Waals surface area (Å²) in [5.41, 5.74) is 1.49. The van der Waals surface area contributed by atoms with Crippen LogP contribution in [0.5, 0.6) is 0 Å². The van der Waals surface area contributed by atoms with Crippen LogP contribution in [0.2, 0.25) is 0 Å². The highest BCUT2D eigenvalue weighted by Gasteiger charge is 2.20. The Hall–Kier alpha value is -3.13. The van der Waals surface area contributed by atoms with Gasteiger partial charge < -0.3 is 14.5 Å². The Kier molecular flexibility index (Phi) is 5.00. The summed E-state index contributed by atoms with van der Waals surface area (Å²) in [6, 6.07) is 13.0. The summed E-state index contributed by atoms with van der Waals surface area (Å²) in [7, 11) is -3.39. The fourth-order valence-corrected chi connectivity index (χ4v) is 3.23. The summed E-state index contributed by atoms with van der Waals surface area (Å²) in [6.45, 7) is 1.21. The summed E-state index contributed by atoms with van der Waals surface area (Å²) in [6.07, 6.45) is 1.07. The average molecular weight is 387 g/mol. The van der Waals surface area contributed by atoms with Crippen molar-refractivity contribution in [1.82, 2.24) is 0 Å². The van der Waals surface area contributed by atoms with Gasteiger partial charge in [0.1, 0.15) is 5.58 Å². The molecule has 0 saturated heterocycles. The van der Waals surface area contributed by atoms with E-state index in [2.05, 4.69) is 5.32 Å². The number of furan rings is 1. The van der Waals surface area contributed by atoms with Crippen molar-refractivity contribution in [2.45, 2.75) is 11.8 Å². The number of fused-ring (bicyclic) bond motifs is 1. The second-order valence-electron chi connectivity index (χ2n) is 5.98. The lowest BCUT2D eigenvalue weighted by atomic mass is 10.1. The van der Waals surface area contributed by atoms with Gasteiger partial charge in [-0.3, -0.25) is 4.79 Å². The zero-order valence-corrected chi connectivity index (χ0v) is 15.5. The third kappa shape index (κ3) is 4.17. The largest absolute Gasteiger partial charge is 0.450 e. The molecule has 140 valence electrons. The fourth-order valence-electron chi connectivity index (χ4n) is 2.57. The molecule has 0 atom stereocenters. The summed E-state index contributed by atoms with van der Waals surface area (Å²) in [5, 5.41) is 3.29. The van der Waals surface area contributed by atoms with E-state index in [1.165, 1.54) is 24.3 Å². The SMILES string of the molecule is Cc1c(C(=O)OCC(=O)Nc2cccc(S(C)(=O)=O)c2)oc2ccccc12. The maximum absolute atomic E-state index is 12.2. The minimum Gasteiger partial charge on any atom is -0.450 e. The molecule has 0 radical (unpaired) electrons. The van der Waals surface area contributed by atoms with Crippen molar-refractivity contribution in [1.29, 1.82) is 0 Å². The highest BCUT2D eigenvalue weighted by atomic mass is 32.2. The summed E-state index contributed by atoms with van der Waals surface area (Å²) >= 11 is 0. The molecule has 1 heterocycles. The summed E-state index contributed by atoms with van der Waals surface area (Å²) in [4.78, 5) is 24.3. The number of hydrogen-bond acceptors (Lipinski definition) is 6. The first-order valence-electron chi connectivity index (χ1n) is 8.01. The molecule has 0 spiro atoms. The van der Waals surface area contributed by atoms with Crippen molar-refractivity contribution in [3.8, 4) is 0 Å². The molecule has 0 aliphatic carbocycles. The van der Waals surface area contributed by atoms with Gasteiger partial charge in [-0.15, -0.1) is 0 Å². The van der Waals surface area contributed by atoms with Crippen LogP contribution in [0.4, 0.5) is 5.69 Å². The summed E-state index contributed by atoms with van der Waals surface area (Å²) in [5.74, 6) is -1.30. The average Bonchev–Trinajstić information content (AvgIpc) is 2.96. The highest BCUT2D eigenvalue weighted by molar-refractivity contribution is 7.90. The smallest absolute Gasteiger partial charge is 0.375 e. The fraction of sp³-hybridized carbons (Fsp3) is 0.158. The minimum atomic E-state index is -3.39. The van der Waals surface area contributed by atoms with Gasteiger partial charge in [-0.05, 0) is 31.2 Å². The third-order valence-electron chi connectivity index (χ3n) is 3.91. The van der Waals surface area contributed by atoms with Crippen LogP contribution in [0.1, 0.15) is 16.1 Å². The predicted molar refractivity (Wildman–Crippen MR) is 99.4 cm³/mol. The number of carbonyl (C=O) groups is 2. The molecule has 8 heteroatoms. The van der Waals surface area contributed by atoms with Gasteiger partial charge in [0.2, 0.25) is 5.76 Å². The Labute approximate surface area is 155 Å². The number of ether oxygens (including phenoxy) is 1. The number of nitrogens with one attached hydrogen (secondary N) is 1. The van der Waals surface area contributed by atoms with Gasteiger partial charge >= 0.3 is 5.97 Å². The Morgan fingerprint density at radius 3 is 2.56 bits per heavy atom. The van der Waals surface area contributed by atoms with Crippen LogP contribution in [0.3, 0.4) is 0 Å². The van der Waals surface area contributed by atoms with Crippen molar-refractivity contribution in [2.24, 2.45) is 0 Å². The van der Waals surface area contributed by atoms with E-state index in [-0.39, 0.29) is 10.7 Å². The van der Waals surface area contributed by atoms with Gasteiger partial charge in [-0.25, -0.2) is 13.2 Å². The molecule has 1 aromatic heterocycles. The molecule has 0 aliphatic heterocycles. The van der Waals surface area contributed by atoms with E-state index in [0.29, 0.717) is 16.8 Å². The van der Waals surface area contributed by atoms with Gasteiger partial charge in [-0.1, -0.05) is 24.3 Å². The minimum absolute atomic E-state index is 0.0445. The number of sulfone groups is 1. The van der Waals surface area contributed by atoms with Crippen LogP contribution in [0.15, 0.2) is 57.8 Å². The standard InChI is InChI=1S/C19H17NO6S/c1-12-15-8-3-4-9-16(15)26-18(12)19(22)25-11-17(21)20-13-6-5-7-14(10-13)27(2,23)24/h3-10H,11H2,1-2H3,(H,20,21). The van der Waals surface area contributed by atoms with Crippen LogP contribution in [0, 0.1) is 6.92 Å². The normalized spacial score (nSPS) is 11.3. The Morgan fingerprint density at radius 1 is 1.11 bits per heavy atom. The first kappa shape index (κ1) is 18.7. The van der Waals surface area contributed by atoms with E-state index in [4.69, 9.17) is 9.15 Å². The van der Waals surface area contributed by atoms with Crippen molar-refractivity contribution < 1.29 is 27.2 Å². The Morgan fingerprint density at radius 2 is 1.85 bits per heavy atom. The van der Waals surface area contributed by atoms with Gasteiger partial charge in [0.15, 0.2) is 16.4 Å². The van der Waals surface area contributed by atoms with Crippen LogP contribution in [0.25, 0.3) is 11.0 Å². The number of amides is 1. The molecular weight excluding hydrogens is 370 g/mol. The summed E-state index contributed by atoms with van der Waals surface area (Å²) < 4.78 is 33.6. The molecule has 1 amide bonds. The molecule has 3 aromatic rings. The van der Waals surface area contributed by atoms with Gasteiger partial charge in [0.05, 0.1) is 4.90 Å². The van der Waals surface area contributed by atoms with Crippen LogP contribution in [-0.4, -0.2) is 33.2 Å². The van der Waals surface area contributed by atoms with Crippen LogP contribution < -0.4 is 5.32 Å². The lowest BCUT2D eigenvalue weighted by Gasteiger charge is -2.07. The van der Waals surface area contributed by atoms with E-state index in [9.17, 15) is 18.0 Å². The molecule has 1 N–H and O–H groups in total. The molecule has 0 bridgehead atoms. The second-order valence-corrected chi connectivity index (χ2v) is 7.99. The number of hydrogen-bond donors (Lipinski definition) is 1. The maximum Gasteiger partial charge on any atom is 0.375 e. The number of anilines is 1. The molecule has 0 unspecified atom stereocenters.